The molecule has 0 aliphatic carbocycles. The van der Waals surface area contributed by atoms with Gasteiger partial charge in [-0.3, -0.25) is 0 Å². The van der Waals surface area contributed by atoms with E-state index in [0.717, 1.165) is 44.7 Å². The molecule has 20 heavy (non-hydrogen) atoms. The highest BCUT2D eigenvalue weighted by molar-refractivity contribution is 5.45. The van der Waals surface area contributed by atoms with Crippen LogP contribution >= 0.6 is 0 Å². The molecule has 4 nitrogen and oxygen atoms in total. The fourth-order valence-electron chi connectivity index (χ4n) is 1.83. The van der Waals surface area contributed by atoms with Gasteiger partial charge in [0.25, 0.3) is 0 Å². The third kappa shape index (κ3) is 6.05. The zero-order chi connectivity index (χ0) is 14.6. The first-order valence-electron chi connectivity index (χ1n) is 7.17. The Morgan fingerprint density at radius 3 is 2.75 bits per heavy atom. The van der Waals surface area contributed by atoms with Crippen molar-refractivity contribution in [3.05, 3.63) is 29.3 Å². The van der Waals surface area contributed by atoms with Gasteiger partial charge >= 0.3 is 0 Å². The number of unbranched alkanes of at least 4 members (excludes halogenated alkanes) is 1. The summed E-state index contributed by atoms with van der Waals surface area (Å²) in [6.45, 7) is 5.50. The molecule has 1 rings (SSSR count). The predicted molar refractivity (Wildman–Crippen MR) is 79.8 cm³/mol. The number of nitrogens with zero attached hydrogens (tertiary/aromatic N) is 1. The highest BCUT2D eigenvalue weighted by Gasteiger charge is 2.03. The summed E-state index contributed by atoms with van der Waals surface area (Å²) in [7, 11) is 1.58. The summed E-state index contributed by atoms with van der Waals surface area (Å²) in [6.07, 6.45) is 3.32. The first-order chi connectivity index (χ1) is 9.81. The minimum Gasteiger partial charge on any atom is -0.495 e. The molecule has 110 valence electrons. The summed E-state index contributed by atoms with van der Waals surface area (Å²) in [5.41, 5.74) is 1.67. The molecule has 0 saturated carbocycles. The van der Waals surface area contributed by atoms with Gasteiger partial charge in [-0.05, 0) is 37.1 Å². The summed E-state index contributed by atoms with van der Waals surface area (Å²) in [5.74, 6) is 0.626. The summed E-state index contributed by atoms with van der Waals surface area (Å²) in [5, 5.41) is 12.4. The first kappa shape index (κ1) is 16.5. The van der Waals surface area contributed by atoms with Crippen molar-refractivity contribution in [3.63, 3.8) is 0 Å². The molecule has 0 aliphatic heterocycles. The molecule has 0 heterocycles. The number of benzene rings is 1. The van der Waals surface area contributed by atoms with Crippen LogP contribution in [0.5, 0.6) is 5.75 Å². The van der Waals surface area contributed by atoms with Crippen LogP contribution in [0.3, 0.4) is 0 Å². The van der Waals surface area contributed by atoms with Crippen molar-refractivity contribution in [2.75, 3.05) is 26.9 Å². The summed E-state index contributed by atoms with van der Waals surface area (Å²) >= 11 is 0. The van der Waals surface area contributed by atoms with Crippen LogP contribution in [0, 0.1) is 11.3 Å². The minimum absolute atomic E-state index is 0.578. The zero-order valence-electron chi connectivity index (χ0n) is 12.4. The lowest BCUT2D eigenvalue weighted by Crippen LogP contribution is -2.16. The summed E-state index contributed by atoms with van der Waals surface area (Å²) in [6, 6.07) is 7.82. The van der Waals surface area contributed by atoms with Crippen LogP contribution in [0.25, 0.3) is 0 Å². The van der Waals surface area contributed by atoms with Crippen molar-refractivity contribution in [1.29, 1.82) is 5.26 Å². The SMILES string of the molecule is CCCCOCCCNCc1ccc(OC)c(C#N)c1. The van der Waals surface area contributed by atoms with Crippen LogP contribution < -0.4 is 10.1 Å². The average Bonchev–Trinajstić information content (AvgIpc) is 2.49. The molecule has 0 amide bonds. The van der Waals surface area contributed by atoms with Gasteiger partial charge < -0.3 is 14.8 Å². The van der Waals surface area contributed by atoms with Gasteiger partial charge in [0.2, 0.25) is 0 Å². The van der Waals surface area contributed by atoms with Gasteiger partial charge in [0.05, 0.1) is 12.7 Å². The van der Waals surface area contributed by atoms with Gasteiger partial charge in [-0.2, -0.15) is 5.26 Å². The second kappa shape index (κ2) is 10.2. The third-order valence-electron chi connectivity index (χ3n) is 3.00. The molecule has 1 N–H and O–H groups in total. The molecule has 0 bridgehead atoms. The van der Waals surface area contributed by atoms with Crippen LogP contribution in [0.1, 0.15) is 37.3 Å². The van der Waals surface area contributed by atoms with Crippen LogP contribution in [0.15, 0.2) is 18.2 Å². The lowest BCUT2D eigenvalue weighted by Gasteiger charge is -2.08. The molecule has 0 aromatic heterocycles. The van der Waals surface area contributed by atoms with Crippen molar-refractivity contribution < 1.29 is 9.47 Å². The number of hydrogen-bond donors (Lipinski definition) is 1. The van der Waals surface area contributed by atoms with E-state index in [4.69, 9.17) is 14.7 Å². The lowest BCUT2D eigenvalue weighted by molar-refractivity contribution is 0.129. The van der Waals surface area contributed by atoms with Crippen LogP contribution in [0.2, 0.25) is 0 Å². The minimum atomic E-state index is 0.578. The second-order valence-electron chi connectivity index (χ2n) is 4.64. The Labute approximate surface area is 121 Å². The molecule has 0 aliphatic rings. The molecule has 0 saturated heterocycles. The second-order valence-corrected chi connectivity index (χ2v) is 4.64. The fraction of sp³-hybridized carbons (Fsp3) is 0.562. The van der Waals surface area contributed by atoms with E-state index in [9.17, 15) is 0 Å². The van der Waals surface area contributed by atoms with Gasteiger partial charge in [0, 0.05) is 19.8 Å². The molecule has 0 fully saturated rings. The van der Waals surface area contributed by atoms with Gasteiger partial charge in [-0.15, -0.1) is 0 Å². The lowest BCUT2D eigenvalue weighted by atomic mass is 10.1. The van der Waals surface area contributed by atoms with Crippen LogP contribution in [0.4, 0.5) is 0 Å². The van der Waals surface area contributed by atoms with E-state index in [1.54, 1.807) is 7.11 Å². The molecule has 0 unspecified atom stereocenters. The third-order valence-corrected chi connectivity index (χ3v) is 3.00. The number of methoxy groups -OCH3 is 1. The van der Waals surface area contributed by atoms with Gasteiger partial charge in [-0.1, -0.05) is 19.4 Å². The van der Waals surface area contributed by atoms with E-state index in [2.05, 4.69) is 18.3 Å². The largest absolute Gasteiger partial charge is 0.495 e. The number of nitrogens with one attached hydrogen (secondary N) is 1. The summed E-state index contributed by atoms with van der Waals surface area (Å²) in [4.78, 5) is 0. The number of ether oxygens (including phenoxy) is 2. The Kier molecular flexibility index (Phi) is 8.44. The van der Waals surface area contributed by atoms with Crippen molar-refractivity contribution in [1.82, 2.24) is 5.32 Å². The van der Waals surface area contributed by atoms with E-state index in [1.165, 1.54) is 6.42 Å². The molecule has 0 radical (unpaired) electrons. The number of nitriles is 1. The maximum absolute atomic E-state index is 9.02. The van der Waals surface area contributed by atoms with Crippen molar-refractivity contribution in [3.8, 4) is 11.8 Å². The predicted octanol–water partition coefficient (Wildman–Crippen LogP) is 2.86. The van der Waals surface area contributed by atoms with E-state index in [1.807, 2.05) is 18.2 Å². The van der Waals surface area contributed by atoms with Gasteiger partial charge in [0.1, 0.15) is 11.8 Å². The maximum atomic E-state index is 9.02. The molecular formula is C16H24N2O2. The van der Waals surface area contributed by atoms with E-state index < -0.39 is 0 Å². The molecule has 1 aromatic carbocycles. The highest BCUT2D eigenvalue weighted by Crippen LogP contribution is 2.18. The molecule has 4 heteroatoms. The van der Waals surface area contributed by atoms with Crippen LogP contribution in [-0.4, -0.2) is 26.9 Å². The topological polar surface area (TPSA) is 54.3 Å². The molecular weight excluding hydrogens is 252 g/mol. The van der Waals surface area contributed by atoms with E-state index >= 15 is 0 Å². The van der Waals surface area contributed by atoms with Crippen molar-refractivity contribution in [2.24, 2.45) is 0 Å². The molecule has 1 aromatic rings. The Hall–Kier alpha value is -1.57. The highest BCUT2D eigenvalue weighted by atomic mass is 16.5. The fourth-order valence-corrected chi connectivity index (χ4v) is 1.83. The average molecular weight is 276 g/mol. The Morgan fingerprint density at radius 1 is 1.25 bits per heavy atom. The van der Waals surface area contributed by atoms with Crippen molar-refractivity contribution in [2.45, 2.75) is 32.7 Å². The maximum Gasteiger partial charge on any atom is 0.136 e. The van der Waals surface area contributed by atoms with E-state index in [-0.39, 0.29) is 0 Å². The standard InChI is InChI=1S/C16H24N2O2/c1-3-4-9-20-10-5-8-18-13-14-6-7-16(19-2)15(11-14)12-17/h6-7,11,18H,3-5,8-10,13H2,1-2H3. The van der Waals surface area contributed by atoms with Gasteiger partial charge in [0.15, 0.2) is 0 Å². The monoisotopic (exact) mass is 276 g/mol. The smallest absolute Gasteiger partial charge is 0.136 e. The van der Waals surface area contributed by atoms with Gasteiger partial charge in [-0.25, -0.2) is 0 Å². The zero-order valence-corrected chi connectivity index (χ0v) is 12.4. The van der Waals surface area contributed by atoms with Crippen molar-refractivity contribution >= 4 is 0 Å². The Balaban J connectivity index is 2.21. The Bertz CT molecular complexity index is 427. The number of hydrogen-bond acceptors (Lipinski definition) is 4. The molecule has 0 spiro atoms. The summed E-state index contributed by atoms with van der Waals surface area (Å²) < 4.78 is 10.6. The normalized spacial score (nSPS) is 10.2. The van der Waals surface area contributed by atoms with Crippen LogP contribution in [-0.2, 0) is 11.3 Å². The quantitative estimate of drug-likeness (QED) is 0.668. The Morgan fingerprint density at radius 2 is 2.05 bits per heavy atom. The van der Waals surface area contributed by atoms with E-state index in [0.29, 0.717) is 11.3 Å². The number of rotatable bonds is 10. The first-order valence-corrected chi connectivity index (χ1v) is 7.17. The molecule has 0 atom stereocenters.